The Bertz CT molecular complexity index is 1050. The van der Waals surface area contributed by atoms with Crippen LogP contribution in [0.3, 0.4) is 0 Å². The molecular weight excluding hydrogens is 424 g/mol. The monoisotopic (exact) mass is 464 g/mol. The van der Waals surface area contributed by atoms with E-state index in [2.05, 4.69) is 71.9 Å². The molecule has 0 radical (unpaired) electrons. The van der Waals surface area contributed by atoms with Crippen LogP contribution in [0.5, 0.6) is 23.0 Å². The zero-order valence-electron chi connectivity index (χ0n) is 21.8. The Morgan fingerprint density at radius 3 is 1.79 bits per heavy atom. The molecule has 1 unspecified atom stereocenters. The number of ether oxygens (including phenoxy) is 2. The summed E-state index contributed by atoms with van der Waals surface area (Å²) in [5.41, 5.74) is 3.17. The average Bonchev–Trinajstić information content (AvgIpc) is 2.79. The summed E-state index contributed by atoms with van der Waals surface area (Å²) in [5.74, 6) is 1.36. The molecule has 0 aliphatic rings. The van der Waals surface area contributed by atoms with Crippen LogP contribution in [0.15, 0.2) is 60.2 Å². The summed E-state index contributed by atoms with van der Waals surface area (Å²) in [7, 11) is 3.11. The second kappa shape index (κ2) is 11.3. The van der Waals surface area contributed by atoms with Crippen molar-refractivity contribution in [2.75, 3.05) is 14.2 Å². The van der Waals surface area contributed by atoms with Crippen molar-refractivity contribution < 1.29 is 19.7 Å². The first kappa shape index (κ1) is 27.1. The van der Waals surface area contributed by atoms with Gasteiger partial charge in [0.1, 0.15) is 0 Å². The van der Waals surface area contributed by atoms with Crippen LogP contribution in [0.2, 0.25) is 0 Å². The van der Waals surface area contributed by atoms with Gasteiger partial charge in [-0.2, -0.15) is 0 Å². The van der Waals surface area contributed by atoms with Crippen LogP contribution < -0.4 is 9.47 Å². The van der Waals surface area contributed by atoms with E-state index in [1.54, 1.807) is 26.4 Å². The van der Waals surface area contributed by atoms with Crippen LogP contribution in [0.1, 0.15) is 59.1 Å². The van der Waals surface area contributed by atoms with Crippen LogP contribution in [-0.4, -0.2) is 24.4 Å². The summed E-state index contributed by atoms with van der Waals surface area (Å²) in [6.07, 6.45) is 11.9. The number of phenolic OH excluding ortho intramolecular Hbond substituents is 2. The largest absolute Gasteiger partial charge is 0.504 e. The van der Waals surface area contributed by atoms with Gasteiger partial charge in [-0.1, -0.05) is 84.1 Å². The van der Waals surface area contributed by atoms with Crippen molar-refractivity contribution >= 4 is 12.2 Å². The topological polar surface area (TPSA) is 58.9 Å². The van der Waals surface area contributed by atoms with E-state index in [4.69, 9.17) is 9.47 Å². The maximum Gasteiger partial charge on any atom is 0.161 e. The summed E-state index contributed by atoms with van der Waals surface area (Å²) >= 11 is 0. The molecule has 2 aromatic carbocycles. The lowest BCUT2D eigenvalue weighted by Crippen LogP contribution is -2.20. The third kappa shape index (κ3) is 7.18. The molecule has 0 amide bonds. The fourth-order valence-electron chi connectivity index (χ4n) is 3.50. The third-order valence-electron chi connectivity index (χ3n) is 6.38. The molecule has 4 heteroatoms. The molecule has 0 aliphatic heterocycles. The molecule has 0 heterocycles. The number of methoxy groups -OCH3 is 2. The number of phenols is 2. The van der Waals surface area contributed by atoms with Crippen molar-refractivity contribution in [3.05, 3.63) is 71.3 Å². The predicted molar refractivity (Wildman–Crippen MR) is 142 cm³/mol. The van der Waals surface area contributed by atoms with Crippen molar-refractivity contribution in [3.8, 4) is 23.0 Å². The van der Waals surface area contributed by atoms with Crippen LogP contribution >= 0.6 is 0 Å². The van der Waals surface area contributed by atoms with Gasteiger partial charge in [-0.15, -0.1) is 0 Å². The number of allylic oxidation sites excluding steroid dienone is 4. The Kier molecular flexibility index (Phi) is 9.03. The highest BCUT2D eigenvalue weighted by Gasteiger charge is 2.25. The molecule has 2 rings (SSSR count). The average molecular weight is 465 g/mol. The first-order valence-electron chi connectivity index (χ1n) is 11.7. The molecule has 0 aliphatic carbocycles. The number of rotatable bonds is 9. The quantitative estimate of drug-likeness (QED) is 0.371. The Hall–Kier alpha value is -3.14. The van der Waals surface area contributed by atoms with Gasteiger partial charge >= 0.3 is 0 Å². The minimum Gasteiger partial charge on any atom is -0.504 e. The third-order valence-corrected chi connectivity index (χ3v) is 6.38. The highest BCUT2D eigenvalue weighted by molar-refractivity contribution is 5.59. The van der Waals surface area contributed by atoms with Gasteiger partial charge in [-0.05, 0) is 58.2 Å². The van der Waals surface area contributed by atoms with Gasteiger partial charge in [0.25, 0.3) is 0 Å². The van der Waals surface area contributed by atoms with E-state index in [9.17, 15) is 10.2 Å². The second-order valence-corrected chi connectivity index (χ2v) is 10.3. The summed E-state index contributed by atoms with van der Waals surface area (Å²) in [6.45, 7) is 13.4. The predicted octanol–water partition coefficient (Wildman–Crippen LogP) is 7.87. The Morgan fingerprint density at radius 1 is 0.853 bits per heavy atom. The van der Waals surface area contributed by atoms with Crippen LogP contribution in [0.25, 0.3) is 12.2 Å². The van der Waals surface area contributed by atoms with E-state index in [1.165, 1.54) is 5.57 Å². The van der Waals surface area contributed by atoms with Gasteiger partial charge in [0, 0.05) is 5.92 Å². The van der Waals surface area contributed by atoms with E-state index in [-0.39, 0.29) is 28.2 Å². The normalized spacial score (nSPS) is 14.1. The minimum atomic E-state index is -0.0173. The van der Waals surface area contributed by atoms with Gasteiger partial charge in [-0.25, -0.2) is 0 Å². The first-order chi connectivity index (χ1) is 15.9. The molecule has 34 heavy (non-hydrogen) atoms. The van der Waals surface area contributed by atoms with Gasteiger partial charge in [0.15, 0.2) is 23.0 Å². The lowest BCUT2D eigenvalue weighted by atomic mass is 9.74. The van der Waals surface area contributed by atoms with E-state index in [0.29, 0.717) is 11.5 Å². The number of benzene rings is 2. The van der Waals surface area contributed by atoms with Crippen LogP contribution in [0.4, 0.5) is 0 Å². The number of hydrogen-bond donors (Lipinski definition) is 2. The Balaban J connectivity index is 2.48. The smallest absolute Gasteiger partial charge is 0.161 e. The van der Waals surface area contributed by atoms with Crippen molar-refractivity contribution in [2.45, 2.75) is 48.0 Å². The molecule has 0 spiro atoms. The number of hydrogen-bond acceptors (Lipinski definition) is 4. The first-order valence-corrected chi connectivity index (χ1v) is 11.7. The second-order valence-electron chi connectivity index (χ2n) is 10.3. The number of aromatic hydroxyl groups is 2. The SMILES string of the molecule is CCC(C)(C)C(=C\C(/C=C/c1ccc(O)c(OC)c1)C(C)(C)C)/C=C/c1ccc(O)c(OC)c1. The van der Waals surface area contributed by atoms with E-state index in [1.807, 2.05) is 24.3 Å². The fraction of sp³-hybridized carbons (Fsp3) is 0.400. The Morgan fingerprint density at radius 2 is 1.35 bits per heavy atom. The van der Waals surface area contributed by atoms with Gasteiger partial charge in [0.05, 0.1) is 14.2 Å². The molecule has 0 fully saturated rings. The molecule has 1 atom stereocenters. The highest BCUT2D eigenvalue weighted by Crippen LogP contribution is 2.38. The van der Waals surface area contributed by atoms with Crippen LogP contribution in [0, 0.1) is 16.7 Å². The highest BCUT2D eigenvalue weighted by atomic mass is 16.5. The van der Waals surface area contributed by atoms with Crippen molar-refractivity contribution in [1.82, 2.24) is 0 Å². The van der Waals surface area contributed by atoms with Crippen molar-refractivity contribution in [2.24, 2.45) is 16.7 Å². The zero-order valence-corrected chi connectivity index (χ0v) is 21.8. The maximum atomic E-state index is 9.90. The van der Waals surface area contributed by atoms with Gasteiger partial charge < -0.3 is 19.7 Å². The van der Waals surface area contributed by atoms with Crippen LogP contribution in [-0.2, 0) is 0 Å². The van der Waals surface area contributed by atoms with Crippen molar-refractivity contribution in [3.63, 3.8) is 0 Å². The standard InChI is InChI=1S/C30H40O4/c1-9-30(5,6)24(15-11-22-13-17-26(32)28(19-22)34-8)20-23(29(2,3)4)14-10-21-12-16-25(31)27(18-21)33-7/h10-20,23,31-32H,9H2,1-8H3/b14-10+,15-11+,24-20-. The molecule has 184 valence electrons. The molecule has 2 N–H and O–H groups in total. The molecule has 0 saturated heterocycles. The summed E-state index contributed by atoms with van der Waals surface area (Å²) in [5, 5.41) is 19.8. The molecule has 0 aromatic heterocycles. The zero-order chi connectivity index (χ0) is 25.5. The molecule has 0 saturated carbocycles. The van der Waals surface area contributed by atoms with E-state index in [0.717, 1.165) is 17.5 Å². The van der Waals surface area contributed by atoms with Crippen molar-refractivity contribution in [1.29, 1.82) is 0 Å². The fourth-order valence-corrected chi connectivity index (χ4v) is 3.50. The Labute approximate surface area is 205 Å². The van der Waals surface area contributed by atoms with E-state index >= 15 is 0 Å². The molecule has 4 nitrogen and oxygen atoms in total. The molecule has 0 bridgehead atoms. The molecule has 2 aromatic rings. The van der Waals surface area contributed by atoms with Gasteiger partial charge in [0.2, 0.25) is 0 Å². The summed E-state index contributed by atoms with van der Waals surface area (Å²) in [6, 6.07) is 10.7. The van der Waals surface area contributed by atoms with E-state index < -0.39 is 0 Å². The summed E-state index contributed by atoms with van der Waals surface area (Å²) < 4.78 is 10.5. The van der Waals surface area contributed by atoms with Gasteiger partial charge in [-0.3, -0.25) is 0 Å². The lowest BCUT2D eigenvalue weighted by molar-refractivity contribution is 0.337. The molecular formula is C30H40O4. The summed E-state index contributed by atoms with van der Waals surface area (Å²) in [4.78, 5) is 0. The lowest BCUT2D eigenvalue weighted by Gasteiger charge is -2.31. The maximum absolute atomic E-state index is 9.90. The minimum absolute atomic E-state index is 0.00216.